The van der Waals surface area contributed by atoms with Crippen LogP contribution >= 0.6 is 15.9 Å². The van der Waals surface area contributed by atoms with E-state index in [2.05, 4.69) is 39.1 Å². The number of hydrogen-bond donors (Lipinski definition) is 0. The SMILES string of the molecule is C#CCOc1c(C=NN2C(=O)[C@@H]3[C@H](C2=O)[C@H]2C=C[C@H]3C2)cc(Br)cc1OC. The van der Waals surface area contributed by atoms with Crippen LogP contribution in [0.25, 0.3) is 0 Å². The number of benzene rings is 1. The van der Waals surface area contributed by atoms with Crippen LogP contribution in [0, 0.1) is 36.0 Å². The van der Waals surface area contributed by atoms with Crippen molar-refractivity contribution in [1.82, 2.24) is 5.01 Å². The number of imide groups is 1. The van der Waals surface area contributed by atoms with Crippen LogP contribution in [0.5, 0.6) is 11.5 Å². The zero-order valence-electron chi connectivity index (χ0n) is 14.6. The van der Waals surface area contributed by atoms with E-state index in [-0.39, 0.29) is 42.1 Å². The van der Waals surface area contributed by atoms with Gasteiger partial charge in [-0.3, -0.25) is 9.59 Å². The molecule has 0 spiro atoms. The Labute approximate surface area is 165 Å². The zero-order valence-corrected chi connectivity index (χ0v) is 16.2. The number of ether oxygens (including phenoxy) is 2. The van der Waals surface area contributed by atoms with Crippen molar-refractivity contribution < 1.29 is 19.1 Å². The molecule has 0 unspecified atom stereocenters. The molecule has 0 radical (unpaired) electrons. The van der Waals surface area contributed by atoms with Crippen molar-refractivity contribution in [1.29, 1.82) is 0 Å². The number of nitrogens with zero attached hydrogens (tertiary/aromatic N) is 2. The lowest BCUT2D eigenvalue weighted by Gasteiger charge is -2.14. The summed E-state index contributed by atoms with van der Waals surface area (Å²) in [5.74, 6) is 2.56. The second kappa shape index (κ2) is 6.86. The number of hydrogen-bond acceptors (Lipinski definition) is 5. The van der Waals surface area contributed by atoms with Gasteiger partial charge in [-0.1, -0.05) is 34.0 Å². The molecule has 2 fully saturated rings. The summed E-state index contributed by atoms with van der Waals surface area (Å²) in [5, 5.41) is 5.19. The summed E-state index contributed by atoms with van der Waals surface area (Å²) in [4.78, 5) is 25.4. The molecule has 0 aromatic heterocycles. The fourth-order valence-corrected chi connectivity index (χ4v) is 4.68. The van der Waals surface area contributed by atoms with Crippen LogP contribution < -0.4 is 9.47 Å². The number of rotatable bonds is 5. The van der Waals surface area contributed by atoms with E-state index in [1.54, 1.807) is 12.1 Å². The average molecular weight is 429 g/mol. The largest absolute Gasteiger partial charge is 0.493 e. The van der Waals surface area contributed by atoms with Crippen LogP contribution in [-0.4, -0.2) is 36.8 Å². The van der Waals surface area contributed by atoms with Crippen molar-refractivity contribution in [3.63, 3.8) is 0 Å². The van der Waals surface area contributed by atoms with Crippen molar-refractivity contribution in [3.8, 4) is 23.8 Å². The van der Waals surface area contributed by atoms with Crippen LogP contribution in [-0.2, 0) is 9.59 Å². The molecule has 1 heterocycles. The van der Waals surface area contributed by atoms with Crippen molar-refractivity contribution in [2.24, 2.45) is 28.8 Å². The van der Waals surface area contributed by atoms with E-state index in [1.807, 2.05) is 0 Å². The zero-order chi connectivity index (χ0) is 19.1. The topological polar surface area (TPSA) is 68.2 Å². The smallest absolute Gasteiger partial charge is 0.254 e. The Morgan fingerprint density at radius 2 is 1.96 bits per heavy atom. The highest BCUT2D eigenvalue weighted by Gasteiger charge is 2.59. The number of fused-ring (bicyclic) bond motifs is 5. The lowest BCUT2D eigenvalue weighted by Crippen LogP contribution is -2.28. The van der Waals surface area contributed by atoms with Gasteiger partial charge < -0.3 is 9.47 Å². The molecule has 4 rings (SSSR count). The molecule has 3 aliphatic rings. The van der Waals surface area contributed by atoms with Crippen LogP contribution in [0.1, 0.15) is 12.0 Å². The van der Waals surface area contributed by atoms with Gasteiger partial charge in [-0.2, -0.15) is 10.1 Å². The van der Waals surface area contributed by atoms with Gasteiger partial charge >= 0.3 is 0 Å². The predicted octanol–water partition coefficient (Wildman–Crippen LogP) is 2.61. The molecule has 2 bridgehead atoms. The summed E-state index contributed by atoms with van der Waals surface area (Å²) < 4.78 is 11.7. The highest BCUT2D eigenvalue weighted by Crippen LogP contribution is 2.52. The van der Waals surface area contributed by atoms with E-state index in [0.29, 0.717) is 17.1 Å². The van der Waals surface area contributed by atoms with Crippen LogP contribution in [0.3, 0.4) is 0 Å². The van der Waals surface area contributed by atoms with E-state index >= 15 is 0 Å². The summed E-state index contributed by atoms with van der Waals surface area (Å²) >= 11 is 3.40. The molecule has 27 heavy (non-hydrogen) atoms. The number of halogens is 1. The second-order valence-corrected chi connectivity index (χ2v) is 7.67. The molecular weight excluding hydrogens is 412 g/mol. The fourth-order valence-electron chi connectivity index (χ4n) is 4.22. The molecule has 1 saturated carbocycles. The Balaban J connectivity index is 1.64. The number of carbonyl (C=O) groups excluding carboxylic acids is 2. The maximum Gasteiger partial charge on any atom is 0.254 e. The lowest BCUT2D eigenvalue weighted by atomic mass is 9.85. The molecule has 7 heteroatoms. The molecule has 2 amide bonds. The standard InChI is InChI=1S/C20H17BrN2O4/c1-3-6-27-18-13(8-14(21)9-15(18)26-2)10-22-23-19(24)16-11-4-5-12(7-11)17(16)20(23)25/h1,4-5,8-12,16-17H,6-7H2,2H3/t11-,12-,16-,17+/m0/s1. The van der Waals surface area contributed by atoms with Gasteiger partial charge in [-0.05, 0) is 30.4 Å². The van der Waals surface area contributed by atoms with Crippen LogP contribution in [0.15, 0.2) is 33.9 Å². The maximum absolute atomic E-state index is 12.7. The van der Waals surface area contributed by atoms with E-state index in [1.165, 1.54) is 13.3 Å². The molecule has 1 aromatic rings. The Bertz CT molecular complexity index is 887. The molecule has 138 valence electrons. The summed E-state index contributed by atoms with van der Waals surface area (Å²) in [6.07, 6.45) is 11.7. The first-order valence-corrected chi connectivity index (χ1v) is 9.38. The number of terminal acetylenes is 1. The minimum atomic E-state index is -0.279. The Morgan fingerprint density at radius 1 is 1.30 bits per heavy atom. The van der Waals surface area contributed by atoms with Gasteiger partial charge in [0.25, 0.3) is 11.8 Å². The fraction of sp³-hybridized carbons (Fsp3) is 0.350. The van der Waals surface area contributed by atoms with Crippen molar-refractivity contribution in [3.05, 3.63) is 34.3 Å². The van der Waals surface area contributed by atoms with Gasteiger partial charge in [0.05, 0.1) is 25.2 Å². The monoisotopic (exact) mass is 428 g/mol. The highest BCUT2D eigenvalue weighted by atomic mass is 79.9. The highest BCUT2D eigenvalue weighted by molar-refractivity contribution is 9.10. The maximum atomic E-state index is 12.7. The van der Waals surface area contributed by atoms with E-state index in [4.69, 9.17) is 15.9 Å². The second-order valence-electron chi connectivity index (χ2n) is 6.75. The quantitative estimate of drug-likeness (QED) is 0.312. The summed E-state index contributed by atoms with van der Waals surface area (Å²) in [6, 6.07) is 3.50. The average Bonchev–Trinajstić information content (AvgIpc) is 3.33. The van der Waals surface area contributed by atoms with Gasteiger partial charge in [0.1, 0.15) is 6.61 Å². The normalized spacial score (nSPS) is 28.1. The van der Waals surface area contributed by atoms with E-state index in [0.717, 1.165) is 15.9 Å². The first kappa shape index (κ1) is 17.8. The van der Waals surface area contributed by atoms with E-state index in [9.17, 15) is 9.59 Å². The summed E-state index contributed by atoms with van der Waals surface area (Å²) in [6.45, 7) is 0.0551. The third-order valence-corrected chi connectivity index (χ3v) is 5.79. The van der Waals surface area contributed by atoms with Gasteiger partial charge in [0, 0.05) is 10.0 Å². The predicted molar refractivity (Wildman–Crippen MR) is 102 cm³/mol. The number of amides is 2. The van der Waals surface area contributed by atoms with Crippen molar-refractivity contribution >= 4 is 34.0 Å². The van der Waals surface area contributed by atoms with E-state index < -0.39 is 0 Å². The van der Waals surface area contributed by atoms with Crippen LogP contribution in [0.2, 0.25) is 0 Å². The molecule has 0 N–H and O–H groups in total. The lowest BCUT2D eigenvalue weighted by molar-refractivity contribution is -0.140. The number of allylic oxidation sites excluding steroid dienone is 2. The van der Waals surface area contributed by atoms with Gasteiger partial charge in [-0.15, -0.1) is 6.42 Å². The van der Waals surface area contributed by atoms with Gasteiger partial charge in [0.2, 0.25) is 0 Å². The molecule has 1 aromatic carbocycles. The van der Waals surface area contributed by atoms with Crippen molar-refractivity contribution in [2.45, 2.75) is 6.42 Å². The first-order valence-electron chi connectivity index (χ1n) is 8.59. The number of hydrazone groups is 1. The third-order valence-electron chi connectivity index (χ3n) is 5.33. The third kappa shape index (κ3) is 2.85. The number of methoxy groups -OCH3 is 1. The Hall–Kier alpha value is -2.59. The molecule has 1 saturated heterocycles. The van der Waals surface area contributed by atoms with Gasteiger partial charge in [0.15, 0.2) is 11.5 Å². The summed E-state index contributed by atoms with van der Waals surface area (Å²) in [5.41, 5.74) is 0.551. The number of carbonyl (C=O) groups is 2. The molecule has 6 nitrogen and oxygen atoms in total. The minimum Gasteiger partial charge on any atom is -0.493 e. The molecule has 1 aliphatic heterocycles. The molecule has 4 atom stereocenters. The first-order chi connectivity index (χ1) is 13.0. The molecular formula is C20H17BrN2O4. The Morgan fingerprint density at radius 3 is 2.56 bits per heavy atom. The molecule has 2 aliphatic carbocycles. The Kier molecular flexibility index (Phi) is 4.52. The van der Waals surface area contributed by atoms with Crippen LogP contribution in [0.4, 0.5) is 0 Å². The summed E-state index contributed by atoms with van der Waals surface area (Å²) in [7, 11) is 1.52. The minimum absolute atomic E-state index is 0.0551. The van der Waals surface area contributed by atoms with Gasteiger partial charge in [-0.25, -0.2) is 0 Å². The van der Waals surface area contributed by atoms with Crippen molar-refractivity contribution in [2.75, 3.05) is 13.7 Å².